The number of likely N-dealkylation sites (tertiary alicyclic amines) is 1. The summed E-state index contributed by atoms with van der Waals surface area (Å²) < 4.78 is 0. The van der Waals surface area contributed by atoms with Gasteiger partial charge in [0.2, 0.25) is 0 Å². The highest BCUT2D eigenvalue weighted by Crippen LogP contribution is 2.30. The molecule has 120 valence electrons. The minimum atomic E-state index is 0.256. The number of nitrogens with zero attached hydrogens (tertiary/aromatic N) is 2. The van der Waals surface area contributed by atoms with Gasteiger partial charge in [0.15, 0.2) is 0 Å². The molecule has 1 saturated heterocycles. The zero-order chi connectivity index (χ0) is 15.0. The first-order chi connectivity index (χ1) is 9.59. The van der Waals surface area contributed by atoms with Crippen molar-refractivity contribution < 1.29 is 0 Å². The van der Waals surface area contributed by atoms with Crippen molar-refractivity contribution in [3.05, 3.63) is 0 Å². The van der Waals surface area contributed by atoms with Gasteiger partial charge in [0, 0.05) is 18.1 Å². The second kappa shape index (κ2) is 9.01. The Bertz CT molecular complexity index is 245. The lowest BCUT2D eigenvalue weighted by Gasteiger charge is -2.50. The molecule has 1 rings (SSSR count). The quantitative estimate of drug-likeness (QED) is 0.660. The molecule has 1 aliphatic heterocycles. The van der Waals surface area contributed by atoms with E-state index in [0.29, 0.717) is 6.04 Å². The Hall–Kier alpha value is -0.120. The molecule has 2 N–H and O–H groups in total. The maximum atomic E-state index is 6.24. The van der Waals surface area contributed by atoms with Crippen molar-refractivity contribution in [2.24, 2.45) is 5.73 Å². The summed E-state index contributed by atoms with van der Waals surface area (Å²) in [5.74, 6) is 0. The van der Waals surface area contributed by atoms with Crippen molar-refractivity contribution in [3.8, 4) is 0 Å². The van der Waals surface area contributed by atoms with Gasteiger partial charge in [-0.2, -0.15) is 0 Å². The predicted molar refractivity (Wildman–Crippen MR) is 89.1 cm³/mol. The molecule has 0 aromatic heterocycles. The molecule has 0 amide bonds. The van der Waals surface area contributed by atoms with Gasteiger partial charge in [-0.15, -0.1) is 0 Å². The molecule has 0 atom stereocenters. The van der Waals surface area contributed by atoms with E-state index in [-0.39, 0.29) is 5.54 Å². The fourth-order valence-corrected chi connectivity index (χ4v) is 3.69. The fraction of sp³-hybridized carbons (Fsp3) is 1.00. The SMILES string of the molecule is CCCCCN(C(C)C)C1(CN)CCN(CCC)CC1. The Balaban J connectivity index is 2.64. The number of hydrogen-bond donors (Lipinski definition) is 1. The van der Waals surface area contributed by atoms with Gasteiger partial charge in [0.1, 0.15) is 0 Å². The summed E-state index contributed by atoms with van der Waals surface area (Å²) >= 11 is 0. The molecule has 1 fully saturated rings. The Morgan fingerprint density at radius 2 is 1.75 bits per heavy atom. The molecule has 3 heteroatoms. The molecule has 0 aromatic carbocycles. The average molecular weight is 284 g/mol. The lowest BCUT2D eigenvalue weighted by atomic mass is 9.84. The number of unbranched alkanes of at least 4 members (excludes halogenated alkanes) is 2. The Morgan fingerprint density at radius 3 is 2.20 bits per heavy atom. The van der Waals surface area contributed by atoms with Gasteiger partial charge in [-0.25, -0.2) is 0 Å². The normalized spacial score (nSPS) is 19.9. The molecule has 0 spiro atoms. The fourth-order valence-electron chi connectivity index (χ4n) is 3.69. The van der Waals surface area contributed by atoms with E-state index in [1.165, 1.54) is 64.7 Å². The van der Waals surface area contributed by atoms with Gasteiger partial charge in [0.25, 0.3) is 0 Å². The Labute approximate surface area is 126 Å². The van der Waals surface area contributed by atoms with Gasteiger partial charge in [0.05, 0.1) is 0 Å². The highest BCUT2D eigenvalue weighted by molar-refractivity contribution is 4.97. The summed E-state index contributed by atoms with van der Waals surface area (Å²) in [6.07, 6.45) is 7.70. The minimum absolute atomic E-state index is 0.256. The third-order valence-corrected chi connectivity index (χ3v) is 4.94. The third kappa shape index (κ3) is 4.71. The van der Waals surface area contributed by atoms with Crippen LogP contribution in [0.4, 0.5) is 0 Å². The van der Waals surface area contributed by atoms with Gasteiger partial charge in [-0.1, -0.05) is 26.7 Å². The van der Waals surface area contributed by atoms with E-state index in [9.17, 15) is 0 Å². The van der Waals surface area contributed by atoms with E-state index in [1.807, 2.05) is 0 Å². The molecule has 0 aliphatic carbocycles. The molecule has 0 bridgehead atoms. The average Bonchev–Trinajstić information content (AvgIpc) is 2.45. The molecule has 20 heavy (non-hydrogen) atoms. The van der Waals surface area contributed by atoms with E-state index in [4.69, 9.17) is 5.73 Å². The molecule has 3 nitrogen and oxygen atoms in total. The Kier molecular flexibility index (Phi) is 8.08. The molecule has 0 saturated carbocycles. The van der Waals surface area contributed by atoms with Crippen LogP contribution in [0, 0.1) is 0 Å². The molecule has 1 heterocycles. The van der Waals surface area contributed by atoms with E-state index in [2.05, 4.69) is 37.5 Å². The van der Waals surface area contributed by atoms with Crippen molar-refractivity contribution in [1.29, 1.82) is 0 Å². The first kappa shape index (κ1) is 17.9. The van der Waals surface area contributed by atoms with Crippen LogP contribution in [0.1, 0.15) is 66.2 Å². The summed E-state index contributed by atoms with van der Waals surface area (Å²) in [5.41, 5.74) is 6.50. The second-order valence-electron chi connectivity index (χ2n) is 6.76. The van der Waals surface area contributed by atoms with E-state index >= 15 is 0 Å². The van der Waals surface area contributed by atoms with Gasteiger partial charge < -0.3 is 10.6 Å². The van der Waals surface area contributed by atoms with Crippen LogP contribution in [0.5, 0.6) is 0 Å². The van der Waals surface area contributed by atoms with Crippen LogP contribution in [0.25, 0.3) is 0 Å². The number of piperidine rings is 1. The van der Waals surface area contributed by atoms with E-state index in [0.717, 1.165) is 6.54 Å². The summed E-state index contributed by atoms with van der Waals surface area (Å²) in [4.78, 5) is 5.32. The Morgan fingerprint density at radius 1 is 1.10 bits per heavy atom. The monoisotopic (exact) mass is 283 g/mol. The van der Waals surface area contributed by atoms with Crippen LogP contribution in [0.2, 0.25) is 0 Å². The largest absolute Gasteiger partial charge is 0.329 e. The number of rotatable bonds is 9. The van der Waals surface area contributed by atoms with Crippen LogP contribution in [0.15, 0.2) is 0 Å². The molecule has 0 radical (unpaired) electrons. The van der Waals surface area contributed by atoms with Crippen molar-refractivity contribution in [1.82, 2.24) is 9.80 Å². The van der Waals surface area contributed by atoms with Crippen molar-refractivity contribution in [2.75, 3.05) is 32.7 Å². The summed E-state index contributed by atoms with van der Waals surface area (Å²) in [7, 11) is 0. The standard InChI is InChI=1S/C17H37N3/c1-5-7-8-12-20(16(3)4)17(15-18)9-13-19(11-6-2)14-10-17/h16H,5-15,18H2,1-4H3. The third-order valence-electron chi connectivity index (χ3n) is 4.94. The summed E-state index contributed by atoms with van der Waals surface area (Å²) in [6.45, 7) is 15.0. The molecule has 0 aromatic rings. The highest BCUT2D eigenvalue weighted by Gasteiger charge is 2.39. The van der Waals surface area contributed by atoms with Gasteiger partial charge >= 0.3 is 0 Å². The van der Waals surface area contributed by atoms with Crippen LogP contribution in [0.3, 0.4) is 0 Å². The number of hydrogen-bond acceptors (Lipinski definition) is 3. The topological polar surface area (TPSA) is 32.5 Å². The highest BCUT2D eigenvalue weighted by atomic mass is 15.3. The van der Waals surface area contributed by atoms with Crippen molar-refractivity contribution in [3.63, 3.8) is 0 Å². The summed E-state index contributed by atoms with van der Waals surface area (Å²) in [5, 5.41) is 0. The predicted octanol–water partition coefficient (Wildman–Crippen LogP) is 3.09. The molecular weight excluding hydrogens is 246 g/mol. The van der Waals surface area contributed by atoms with Crippen molar-refractivity contribution in [2.45, 2.75) is 77.8 Å². The van der Waals surface area contributed by atoms with E-state index < -0.39 is 0 Å². The first-order valence-corrected chi connectivity index (χ1v) is 8.78. The first-order valence-electron chi connectivity index (χ1n) is 8.78. The van der Waals surface area contributed by atoms with Crippen LogP contribution >= 0.6 is 0 Å². The zero-order valence-corrected chi connectivity index (χ0v) is 14.3. The lowest BCUT2D eigenvalue weighted by molar-refractivity contribution is 0.00458. The molecular formula is C17H37N3. The van der Waals surface area contributed by atoms with Crippen LogP contribution < -0.4 is 5.73 Å². The van der Waals surface area contributed by atoms with Crippen LogP contribution in [-0.2, 0) is 0 Å². The molecule has 0 unspecified atom stereocenters. The summed E-state index contributed by atoms with van der Waals surface area (Å²) in [6, 6.07) is 0.605. The van der Waals surface area contributed by atoms with Crippen LogP contribution in [-0.4, -0.2) is 54.1 Å². The lowest BCUT2D eigenvalue weighted by Crippen LogP contribution is -2.61. The zero-order valence-electron chi connectivity index (χ0n) is 14.3. The van der Waals surface area contributed by atoms with Gasteiger partial charge in [-0.05, 0) is 65.7 Å². The van der Waals surface area contributed by atoms with Crippen molar-refractivity contribution >= 4 is 0 Å². The maximum Gasteiger partial charge on any atom is 0.0358 e. The second-order valence-corrected chi connectivity index (χ2v) is 6.76. The van der Waals surface area contributed by atoms with Gasteiger partial charge in [-0.3, -0.25) is 4.90 Å². The van der Waals surface area contributed by atoms with E-state index in [1.54, 1.807) is 0 Å². The molecule has 1 aliphatic rings. The minimum Gasteiger partial charge on any atom is -0.329 e. The number of nitrogens with two attached hydrogens (primary N) is 1. The maximum absolute atomic E-state index is 6.24. The smallest absolute Gasteiger partial charge is 0.0358 e.